The van der Waals surface area contributed by atoms with Crippen molar-refractivity contribution in [2.75, 3.05) is 26.8 Å². The van der Waals surface area contributed by atoms with E-state index >= 15 is 0 Å². The molecule has 9 heteroatoms. The molecule has 0 aliphatic carbocycles. The van der Waals surface area contributed by atoms with Crippen LogP contribution in [0.15, 0.2) is 10.4 Å². The normalized spacial score (nSPS) is 20.8. The van der Waals surface area contributed by atoms with Gasteiger partial charge in [-0.05, 0) is 6.92 Å². The lowest BCUT2D eigenvalue weighted by Crippen LogP contribution is -2.46. The Hall–Kier alpha value is -1.03. The quantitative estimate of drug-likeness (QED) is 0.747. The monoisotopic (exact) mass is 320 g/mol. The third kappa shape index (κ3) is 3.35. The predicted octanol–water partition coefficient (Wildman–Crippen LogP) is 0.404. The topological polar surface area (TPSA) is 85.8 Å². The molecule has 0 bridgehead atoms. The number of hydrogen-bond donors (Lipinski definition) is 0. The molecular formula is C11H16N2O5S2. The maximum absolute atomic E-state index is 12.4. The van der Waals surface area contributed by atoms with E-state index in [1.54, 1.807) is 6.92 Å². The molecule has 112 valence electrons. The van der Waals surface area contributed by atoms with Gasteiger partial charge in [0.1, 0.15) is 0 Å². The standard InChI is InChI=1S/C11H16N2O5S2/c1-8-12-6-11(19-8)20(15,16)13-3-4-18-9(7-13)5-10(14)17-2/h6,9H,3-5,7H2,1-2H3. The highest BCUT2D eigenvalue weighted by Gasteiger charge is 2.33. The SMILES string of the molecule is COC(=O)CC1CN(S(=O)(=O)c2cnc(C)s2)CCO1. The summed E-state index contributed by atoms with van der Waals surface area (Å²) in [6.07, 6.45) is 0.935. The zero-order valence-corrected chi connectivity index (χ0v) is 12.9. The second-order valence-corrected chi connectivity index (χ2v) is 7.73. The number of aromatic nitrogens is 1. The Bertz CT molecular complexity index is 583. The summed E-state index contributed by atoms with van der Waals surface area (Å²) < 4.78 is 36.4. The number of carbonyl (C=O) groups excluding carboxylic acids is 1. The number of thiazole rings is 1. The average Bonchev–Trinajstić information content (AvgIpc) is 2.86. The first-order chi connectivity index (χ1) is 9.43. The minimum absolute atomic E-state index is 0.0459. The van der Waals surface area contributed by atoms with Crippen LogP contribution in [0.3, 0.4) is 0 Å². The number of ether oxygens (including phenoxy) is 2. The van der Waals surface area contributed by atoms with E-state index in [1.165, 1.54) is 17.6 Å². The van der Waals surface area contributed by atoms with E-state index in [1.807, 2.05) is 0 Å². The molecule has 20 heavy (non-hydrogen) atoms. The molecule has 1 aromatic heterocycles. The van der Waals surface area contributed by atoms with Gasteiger partial charge in [0.25, 0.3) is 10.0 Å². The lowest BCUT2D eigenvalue weighted by atomic mass is 10.2. The van der Waals surface area contributed by atoms with Crippen LogP contribution < -0.4 is 0 Å². The third-order valence-electron chi connectivity index (χ3n) is 2.92. The fourth-order valence-electron chi connectivity index (χ4n) is 1.89. The first kappa shape index (κ1) is 15.4. The molecule has 1 unspecified atom stereocenters. The molecule has 1 aliphatic heterocycles. The van der Waals surface area contributed by atoms with Gasteiger partial charge in [0.2, 0.25) is 0 Å². The van der Waals surface area contributed by atoms with Gasteiger partial charge in [-0.3, -0.25) is 4.79 Å². The van der Waals surface area contributed by atoms with Crippen LogP contribution in [0.1, 0.15) is 11.4 Å². The van der Waals surface area contributed by atoms with Gasteiger partial charge in [-0.1, -0.05) is 0 Å². The molecule has 2 heterocycles. The van der Waals surface area contributed by atoms with Crippen molar-refractivity contribution in [2.24, 2.45) is 0 Å². The van der Waals surface area contributed by atoms with Gasteiger partial charge in [-0.15, -0.1) is 11.3 Å². The summed E-state index contributed by atoms with van der Waals surface area (Å²) >= 11 is 1.13. The summed E-state index contributed by atoms with van der Waals surface area (Å²) in [5.74, 6) is -0.414. The third-order valence-corrected chi connectivity index (χ3v) is 6.13. The van der Waals surface area contributed by atoms with Crippen molar-refractivity contribution in [1.82, 2.24) is 9.29 Å². The van der Waals surface area contributed by atoms with Crippen LogP contribution in [0.5, 0.6) is 0 Å². The van der Waals surface area contributed by atoms with Gasteiger partial charge in [-0.2, -0.15) is 4.31 Å². The first-order valence-electron chi connectivity index (χ1n) is 6.04. The van der Waals surface area contributed by atoms with E-state index in [4.69, 9.17) is 4.74 Å². The molecular weight excluding hydrogens is 304 g/mol. The summed E-state index contributed by atoms with van der Waals surface area (Å²) in [6.45, 7) is 2.44. The molecule has 2 rings (SSSR count). The van der Waals surface area contributed by atoms with E-state index in [-0.39, 0.29) is 30.3 Å². The molecule has 0 aromatic carbocycles. The Kier molecular flexibility index (Phi) is 4.74. The summed E-state index contributed by atoms with van der Waals surface area (Å²) in [5.41, 5.74) is 0. The Balaban J connectivity index is 2.10. The van der Waals surface area contributed by atoms with E-state index in [2.05, 4.69) is 9.72 Å². The molecule has 0 radical (unpaired) electrons. The Labute approximate surface area is 121 Å². The van der Waals surface area contributed by atoms with Crippen molar-refractivity contribution >= 4 is 27.3 Å². The number of esters is 1. The van der Waals surface area contributed by atoms with Crippen molar-refractivity contribution in [3.05, 3.63) is 11.2 Å². The largest absolute Gasteiger partial charge is 0.469 e. The molecule has 1 fully saturated rings. The highest BCUT2D eigenvalue weighted by atomic mass is 32.2. The van der Waals surface area contributed by atoms with E-state index in [9.17, 15) is 13.2 Å². The summed E-state index contributed by atoms with van der Waals surface area (Å²) in [4.78, 5) is 15.2. The van der Waals surface area contributed by atoms with Crippen molar-refractivity contribution < 1.29 is 22.7 Å². The molecule has 0 saturated carbocycles. The Morgan fingerprint density at radius 1 is 1.65 bits per heavy atom. The number of aryl methyl sites for hydroxylation is 1. The molecule has 1 saturated heterocycles. The van der Waals surface area contributed by atoms with Gasteiger partial charge < -0.3 is 9.47 Å². The van der Waals surface area contributed by atoms with E-state index < -0.39 is 22.1 Å². The second kappa shape index (κ2) is 6.17. The zero-order valence-electron chi connectivity index (χ0n) is 11.2. The maximum Gasteiger partial charge on any atom is 0.308 e. The predicted molar refractivity (Wildman–Crippen MR) is 72.0 cm³/mol. The van der Waals surface area contributed by atoms with Gasteiger partial charge in [-0.25, -0.2) is 13.4 Å². The van der Waals surface area contributed by atoms with Crippen LogP contribution >= 0.6 is 11.3 Å². The fourth-order valence-corrected chi connectivity index (χ4v) is 4.61. The smallest absolute Gasteiger partial charge is 0.308 e. The number of nitrogens with zero attached hydrogens (tertiary/aromatic N) is 2. The van der Waals surface area contributed by atoms with Crippen molar-refractivity contribution in [3.8, 4) is 0 Å². The molecule has 0 N–H and O–H groups in total. The molecule has 1 aliphatic rings. The highest BCUT2D eigenvalue weighted by molar-refractivity contribution is 7.91. The maximum atomic E-state index is 12.4. The van der Waals surface area contributed by atoms with Crippen LogP contribution in [-0.4, -0.2) is 56.6 Å². The molecule has 0 amide bonds. The van der Waals surface area contributed by atoms with E-state index in [0.717, 1.165) is 11.3 Å². The average molecular weight is 320 g/mol. The van der Waals surface area contributed by atoms with Gasteiger partial charge in [0.15, 0.2) is 4.21 Å². The number of rotatable bonds is 4. The summed E-state index contributed by atoms with van der Waals surface area (Å²) in [7, 11) is -2.27. The summed E-state index contributed by atoms with van der Waals surface area (Å²) in [6, 6.07) is 0. The number of methoxy groups -OCH3 is 1. The van der Waals surface area contributed by atoms with Crippen LogP contribution in [0.4, 0.5) is 0 Å². The lowest BCUT2D eigenvalue weighted by Gasteiger charge is -2.31. The van der Waals surface area contributed by atoms with Crippen molar-refractivity contribution in [2.45, 2.75) is 23.7 Å². The number of morpholine rings is 1. The minimum atomic E-state index is -3.56. The fraction of sp³-hybridized carbons (Fsp3) is 0.636. The lowest BCUT2D eigenvalue weighted by molar-refractivity contribution is -0.145. The zero-order chi connectivity index (χ0) is 14.8. The molecule has 1 aromatic rings. The first-order valence-corrected chi connectivity index (χ1v) is 8.30. The Morgan fingerprint density at radius 3 is 3.00 bits per heavy atom. The van der Waals surface area contributed by atoms with E-state index in [0.29, 0.717) is 5.01 Å². The van der Waals surface area contributed by atoms with Crippen molar-refractivity contribution in [3.63, 3.8) is 0 Å². The van der Waals surface area contributed by atoms with Gasteiger partial charge in [0.05, 0.1) is 37.4 Å². The van der Waals surface area contributed by atoms with Gasteiger partial charge in [0, 0.05) is 13.1 Å². The number of hydrogen-bond acceptors (Lipinski definition) is 7. The van der Waals surface area contributed by atoms with Crippen LogP contribution in [0.2, 0.25) is 0 Å². The molecule has 1 atom stereocenters. The second-order valence-electron chi connectivity index (χ2n) is 4.33. The number of carbonyl (C=O) groups is 1. The number of sulfonamides is 1. The Morgan fingerprint density at radius 2 is 2.40 bits per heavy atom. The molecule has 7 nitrogen and oxygen atoms in total. The summed E-state index contributed by atoms with van der Waals surface area (Å²) in [5, 5.41) is 0.697. The molecule has 0 spiro atoms. The van der Waals surface area contributed by atoms with Gasteiger partial charge >= 0.3 is 5.97 Å². The van der Waals surface area contributed by atoms with Crippen LogP contribution in [-0.2, 0) is 24.3 Å². The minimum Gasteiger partial charge on any atom is -0.469 e. The van der Waals surface area contributed by atoms with Crippen LogP contribution in [0, 0.1) is 6.92 Å². The van der Waals surface area contributed by atoms with Crippen LogP contribution in [0.25, 0.3) is 0 Å². The van der Waals surface area contributed by atoms with Crippen molar-refractivity contribution in [1.29, 1.82) is 0 Å². The highest BCUT2D eigenvalue weighted by Crippen LogP contribution is 2.24.